The van der Waals surface area contributed by atoms with Gasteiger partial charge in [0.25, 0.3) is 0 Å². The van der Waals surface area contributed by atoms with E-state index in [1.54, 1.807) is 4.90 Å². The molecule has 0 fully saturated rings. The van der Waals surface area contributed by atoms with Gasteiger partial charge in [-0.05, 0) is 32.3 Å². The first-order valence-electron chi connectivity index (χ1n) is 13.1. The molecule has 0 rings (SSSR count). The highest BCUT2D eigenvalue weighted by Crippen LogP contribution is 2.10. The lowest BCUT2D eigenvalue weighted by Gasteiger charge is -2.27. The molecule has 0 aliphatic carbocycles. The lowest BCUT2D eigenvalue weighted by Crippen LogP contribution is -2.45. The third kappa shape index (κ3) is 22.5. The maximum atomic E-state index is 12.9. The fraction of sp³-hybridized carbons (Fsp3) is 0.800. The molecule has 0 bridgehead atoms. The van der Waals surface area contributed by atoms with E-state index >= 15 is 0 Å². The number of hydrogen-bond donors (Lipinski definition) is 4. The molecule has 0 spiro atoms. The number of hydrogen-bond acceptors (Lipinski definition) is 9. The van der Waals surface area contributed by atoms with E-state index in [9.17, 15) is 24.0 Å². The van der Waals surface area contributed by atoms with Gasteiger partial charge in [0.05, 0.1) is 31.3 Å². The molecule has 0 unspecified atom stereocenters. The Morgan fingerprint density at radius 1 is 0.821 bits per heavy atom. The second-order valence-electron chi connectivity index (χ2n) is 9.27. The van der Waals surface area contributed by atoms with Crippen molar-refractivity contribution in [1.29, 1.82) is 0 Å². The molecule has 0 radical (unpaired) electrons. The van der Waals surface area contributed by atoms with Crippen LogP contribution < -0.4 is 21.7 Å². The largest absolute Gasteiger partial charge is 0.379 e. The number of thioether (sulfide) groups is 2. The van der Waals surface area contributed by atoms with Gasteiger partial charge in [-0.15, -0.1) is 0 Å². The van der Waals surface area contributed by atoms with Crippen molar-refractivity contribution < 1.29 is 33.4 Å². The standard InChI is InChI=1S/C25H47N5O7S2/c1-5-39-19-23(34)28-11-13-30(12-10-27-22(33)18-38-4)24(35)7-6-21(32)29-25(2,3)9-15-37-17-16-36-14-8-20(26)31/h5-19H2,1-4H3,(H2,26,31)(H,27,33)(H,28,34)(H,29,32). The Hall–Kier alpha value is -2.03. The van der Waals surface area contributed by atoms with Gasteiger partial charge in [0.1, 0.15) is 0 Å². The predicted molar refractivity (Wildman–Crippen MR) is 156 cm³/mol. The van der Waals surface area contributed by atoms with E-state index in [4.69, 9.17) is 15.2 Å². The smallest absolute Gasteiger partial charge is 0.230 e. The molecule has 0 atom stereocenters. The fourth-order valence-electron chi connectivity index (χ4n) is 3.15. The quantitative estimate of drug-likeness (QED) is 0.114. The molecule has 5 N–H and O–H groups in total. The Kier molecular flexibility index (Phi) is 21.6. The second-order valence-corrected chi connectivity index (χ2v) is 11.4. The van der Waals surface area contributed by atoms with Crippen LogP contribution in [0.25, 0.3) is 0 Å². The van der Waals surface area contributed by atoms with Crippen molar-refractivity contribution in [3.05, 3.63) is 0 Å². The molecule has 0 aliphatic rings. The Bertz CT molecular complexity index is 756. The summed E-state index contributed by atoms with van der Waals surface area (Å²) in [6.07, 6.45) is 2.60. The average molecular weight is 594 g/mol. The van der Waals surface area contributed by atoms with Crippen molar-refractivity contribution >= 4 is 53.1 Å². The molecule has 226 valence electrons. The molecule has 5 amide bonds. The molecule has 0 heterocycles. The third-order valence-corrected chi connectivity index (χ3v) is 6.68. The lowest BCUT2D eigenvalue weighted by atomic mass is 10.0. The first-order valence-corrected chi connectivity index (χ1v) is 15.7. The van der Waals surface area contributed by atoms with E-state index < -0.39 is 11.4 Å². The van der Waals surface area contributed by atoms with Crippen LogP contribution in [0.5, 0.6) is 0 Å². The number of rotatable bonds is 24. The van der Waals surface area contributed by atoms with Crippen molar-refractivity contribution in [2.75, 3.05) is 76.1 Å². The number of nitrogens with two attached hydrogens (primary N) is 1. The maximum absolute atomic E-state index is 12.9. The molecule has 0 aromatic heterocycles. The van der Waals surface area contributed by atoms with Gasteiger partial charge in [-0.1, -0.05) is 6.92 Å². The van der Waals surface area contributed by atoms with Gasteiger partial charge in [-0.3, -0.25) is 24.0 Å². The van der Waals surface area contributed by atoms with Crippen LogP contribution in [0.3, 0.4) is 0 Å². The van der Waals surface area contributed by atoms with Crippen LogP contribution in [0.2, 0.25) is 0 Å². The van der Waals surface area contributed by atoms with E-state index in [0.717, 1.165) is 5.75 Å². The summed E-state index contributed by atoms with van der Waals surface area (Å²) in [6.45, 7) is 8.27. The summed E-state index contributed by atoms with van der Waals surface area (Å²) in [4.78, 5) is 61.2. The zero-order valence-corrected chi connectivity index (χ0v) is 25.4. The molecule has 0 aliphatic heterocycles. The Morgan fingerprint density at radius 3 is 1.97 bits per heavy atom. The zero-order chi connectivity index (χ0) is 29.5. The van der Waals surface area contributed by atoms with E-state index in [0.29, 0.717) is 50.8 Å². The van der Waals surface area contributed by atoms with E-state index in [1.165, 1.54) is 23.5 Å². The summed E-state index contributed by atoms with van der Waals surface area (Å²) in [5.41, 5.74) is 4.51. The first kappa shape index (κ1) is 37.0. The molecular weight excluding hydrogens is 546 g/mol. The minimum atomic E-state index is -0.533. The Balaban J connectivity index is 4.51. The highest BCUT2D eigenvalue weighted by Gasteiger charge is 2.22. The number of ether oxygens (including phenoxy) is 2. The number of carbonyl (C=O) groups is 5. The van der Waals surface area contributed by atoms with Crippen molar-refractivity contribution in [3.63, 3.8) is 0 Å². The minimum Gasteiger partial charge on any atom is -0.379 e. The number of nitrogens with one attached hydrogen (secondary N) is 3. The summed E-state index contributed by atoms with van der Waals surface area (Å²) in [5, 5.41) is 8.51. The van der Waals surface area contributed by atoms with Crippen molar-refractivity contribution in [2.45, 2.75) is 52.0 Å². The fourth-order valence-corrected chi connectivity index (χ4v) is 4.01. The van der Waals surface area contributed by atoms with Crippen LogP contribution in [0, 0.1) is 0 Å². The monoisotopic (exact) mass is 593 g/mol. The lowest BCUT2D eigenvalue weighted by molar-refractivity contribution is -0.134. The first-order chi connectivity index (χ1) is 18.5. The molecular formula is C25H47N5O7S2. The van der Waals surface area contributed by atoms with Crippen LogP contribution in [-0.2, 0) is 33.4 Å². The van der Waals surface area contributed by atoms with E-state index in [-0.39, 0.29) is 62.6 Å². The zero-order valence-electron chi connectivity index (χ0n) is 23.8. The van der Waals surface area contributed by atoms with Crippen LogP contribution in [0.1, 0.15) is 46.5 Å². The van der Waals surface area contributed by atoms with Gasteiger partial charge < -0.3 is 36.1 Å². The summed E-state index contributed by atoms with van der Waals surface area (Å²) in [5.74, 6) is 0.452. The number of nitrogens with zero attached hydrogens (tertiary/aromatic N) is 1. The van der Waals surface area contributed by atoms with Crippen LogP contribution in [0.15, 0.2) is 0 Å². The average Bonchev–Trinajstić information content (AvgIpc) is 2.86. The van der Waals surface area contributed by atoms with Crippen molar-refractivity contribution in [1.82, 2.24) is 20.9 Å². The SMILES string of the molecule is CCSCC(=O)NCCN(CCNC(=O)CSC)C(=O)CCC(=O)NC(C)(C)CCOCCOCCC(N)=O. The Labute approximate surface area is 241 Å². The Morgan fingerprint density at radius 2 is 1.41 bits per heavy atom. The van der Waals surface area contributed by atoms with Gasteiger partial charge >= 0.3 is 0 Å². The molecule has 0 aromatic carbocycles. The number of primary amides is 1. The highest BCUT2D eigenvalue weighted by atomic mass is 32.2. The summed E-state index contributed by atoms with van der Waals surface area (Å²) >= 11 is 2.93. The van der Waals surface area contributed by atoms with Crippen molar-refractivity contribution in [3.8, 4) is 0 Å². The van der Waals surface area contributed by atoms with Gasteiger partial charge in [-0.25, -0.2) is 0 Å². The molecule has 12 nitrogen and oxygen atoms in total. The molecule has 14 heteroatoms. The molecule has 0 saturated carbocycles. The number of amides is 5. The van der Waals surface area contributed by atoms with Crippen LogP contribution in [0.4, 0.5) is 0 Å². The van der Waals surface area contributed by atoms with E-state index in [1.807, 2.05) is 27.0 Å². The molecule has 39 heavy (non-hydrogen) atoms. The predicted octanol–water partition coefficient (Wildman–Crippen LogP) is 0.137. The minimum absolute atomic E-state index is 0.0133. The summed E-state index contributed by atoms with van der Waals surface area (Å²) < 4.78 is 10.8. The normalized spacial score (nSPS) is 11.1. The van der Waals surface area contributed by atoms with Crippen LogP contribution in [-0.4, -0.2) is 116 Å². The topological polar surface area (TPSA) is 169 Å². The van der Waals surface area contributed by atoms with Gasteiger partial charge in [0, 0.05) is 57.6 Å². The van der Waals surface area contributed by atoms with E-state index in [2.05, 4.69) is 16.0 Å². The van der Waals surface area contributed by atoms with Crippen LogP contribution >= 0.6 is 23.5 Å². The maximum Gasteiger partial charge on any atom is 0.230 e. The number of carbonyl (C=O) groups excluding carboxylic acids is 5. The highest BCUT2D eigenvalue weighted by molar-refractivity contribution is 7.99. The summed E-state index contributed by atoms with van der Waals surface area (Å²) in [6, 6.07) is 0. The molecule has 0 aromatic rings. The van der Waals surface area contributed by atoms with Gasteiger partial charge in [0.2, 0.25) is 29.5 Å². The molecule has 0 saturated heterocycles. The van der Waals surface area contributed by atoms with Gasteiger partial charge in [0.15, 0.2) is 0 Å². The third-order valence-electron chi connectivity index (χ3n) is 5.25. The van der Waals surface area contributed by atoms with Crippen molar-refractivity contribution in [2.24, 2.45) is 5.73 Å². The van der Waals surface area contributed by atoms with Gasteiger partial charge in [-0.2, -0.15) is 23.5 Å². The second kappa shape index (κ2) is 22.8. The summed E-state index contributed by atoms with van der Waals surface area (Å²) in [7, 11) is 0.